The van der Waals surface area contributed by atoms with Gasteiger partial charge in [-0.1, -0.05) is 58.6 Å². The SMILES string of the molecule is OC1(Cl)C=CC=C(Cl)C1=C1C(Cl)=CC=CC1(O)Cl. The zero-order valence-corrected chi connectivity index (χ0v) is 11.9. The number of halogens is 4. The Balaban J connectivity index is 2.73. The lowest BCUT2D eigenvalue weighted by atomic mass is 9.91. The van der Waals surface area contributed by atoms with Crippen LogP contribution in [0, 0.1) is 0 Å². The Morgan fingerprint density at radius 2 is 1.11 bits per heavy atom. The summed E-state index contributed by atoms with van der Waals surface area (Å²) in [5.41, 5.74) is 0.132. The molecule has 2 aliphatic carbocycles. The monoisotopic (exact) mass is 324 g/mol. The van der Waals surface area contributed by atoms with Gasteiger partial charge in [0.15, 0.2) is 10.1 Å². The van der Waals surface area contributed by atoms with E-state index in [0.717, 1.165) is 0 Å². The van der Waals surface area contributed by atoms with E-state index in [-0.39, 0.29) is 21.2 Å². The maximum absolute atomic E-state index is 10.1. The van der Waals surface area contributed by atoms with E-state index in [1.54, 1.807) is 0 Å². The molecule has 96 valence electrons. The van der Waals surface area contributed by atoms with Gasteiger partial charge in [0, 0.05) is 21.2 Å². The number of alkyl halides is 2. The number of hydrogen-bond acceptors (Lipinski definition) is 2. The lowest BCUT2D eigenvalue weighted by Gasteiger charge is -2.32. The Hall–Kier alpha value is -0.220. The van der Waals surface area contributed by atoms with Crippen molar-refractivity contribution in [1.29, 1.82) is 0 Å². The molecule has 0 aromatic heterocycles. The minimum atomic E-state index is -1.87. The van der Waals surface area contributed by atoms with Gasteiger partial charge in [-0.15, -0.1) is 0 Å². The maximum atomic E-state index is 10.1. The van der Waals surface area contributed by atoms with Crippen molar-refractivity contribution < 1.29 is 10.2 Å². The summed E-state index contributed by atoms with van der Waals surface area (Å²) in [4.78, 5) is 0. The van der Waals surface area contributed by atoms with Gasteiger partial charge in [-0.25, -0.2) is 0 Å². The second-order valence-corrected chi connectivity index (χ2v) is 5.81. The van der Waals surface area contributed by atoms with E-state index in [0.29, 0.717) is 0 Å². The van der Waals surface area contributed by atoms with Crippen LogP contribution in [0.15, 0.2) is 57.7 Å². The van der Waals surface area contributed by atoms with Crippen molar-refractivity contribution >= 4 is 46.4 Å². The third-order valence-electron chi connectivity index (χ3n) is 2.55. The topological polar surface area (TPSA) is 40.5 Å². The summed E-state index contributed by atoms with van der Waals surface area (Å²) in [7, 11) is 0. The number of aliphatic hydroxyl groups is 2. The van der Waals surface area contributed by atoms with Crippen molar-refractivity contribution in [3.8, 4) is 0 Å². The molecule has 0 saturated carbocycles. The molecule has 0 spiro atoms. The van der Waals surface area contributed by atoms with Crippen LogP contribution >= 0.6 is 46.4 Å². The molecule has 18 heavy (non-hydrogen) atoms. The second kappa shape index (κ2) is 4.71. The summed E-state index contributed by atoms with van der Waals surface area (Å²) in [6, 6.07) is 0. The second-order valence-electron chi connectivity index (χ2n) is 3.84. The van der Waals surface area contributed by atoms with Gasteiger partial charge in [-0.3, -0.25) is 0 Å². The van der Waals surface area contributed by atoms with Crippen LogP contribution in [0.4, 0.5) is 0 Å². The summed E-state index contributed by atoms with van der Waals surface area (Å²) in [6.07, 6.45) is 8.69. The van der Waals surface area contributed by atoms with Crippen LogP contribution in [-0.2, 0) is 0 Å². The highest BCUT2D eigenvalue weighted by atomic mass is 35.5. The number of rotatable bonds is 0. The molecular weight excluding hydrogens is 318 g/mol. The molecule has 0 aromatic rings. The molecule has 2 rings (SSSR count). The van der Waals surface area contributed by atoms with E-state index < -0.39 is 10.1 Å². The number of allylic oxidation sites excluding steroid dienone is 4. The zero-order valence-electron chi connectivity index (χ0n) is 8.87. The van der Waals surface area contributed by atoms with Crippen molar-refractivity contribution in [2.24, 2.45) is 0 Å². The molecule has 0 aromatic carbocycles. The first-order valence-corrected chi connectivity index (χ1v) is 6.45. The molecule has 0 saturated heterocycles. The van der Waals surface area contributed by atoms with Gasteiger partial charge in [-0.05, 0) is 24.3 Å². The fourth-order valence-electron chi connectivity index (χ4n) is 1.78. The van der Waals surface area contributed by atoms with Crippen LogP contribution in [0.25, 0.3) is 0 Å². The first kappa shape index (κ1) is 14.2. The normalized spacial score (nSPS) is 39.7. The Morgan fingerprint density at radius 3 is 1.39 bits per heavy atom. The summed E-state index contributed by atoms with van der Waals surface area (Å²) in [5.74, 6) is 0. The van der Waals surface area contributed by atoms with E-state index in [4.69, 9.17) is 46.4 Å². The average Bonchev–Trinajstić information content (AvgIpc) is 2.20. The van der Waals surface area contributed by atoms with Crippen LogP contribution in [0.3, 0.4) is 0 Å². The predicted molar refractivity (Wildman–Crippen MR) is 74.8 cm³/mol. The van der Waals surface area contributed by atoms with Gasteiger partial charge in [0.1, 0.15) is 0 Å². The van der Waals surface area contributed by atoms with Gasteiger partial charge in [0.25, 0.3) is 0 Å². The molecule has 0 radical (unpaired) electrons. The third kappa shape index (κ3) is 2.42. The van der Waals surface area contributed by atoms with Crippen LogP contribution in [-0.4, -0.2) is 20.3 Å². The molecule has 2 aliphatic rings. The van der Waals surface area contributed by atoms with Crippen molar-refractivity contribution in [3.63, 3.8) is 0 Å². The minimum Gasteiger partial charge on any atom is -0.368 e. The first-order chi connectivity index (χ1) is 8.26. The largest absolute Gasteiger partial charge is 0.368 e. The summed E-state index contributed by atoms with van der Waals surface area (Å²) < 4.78 is 0. The van der Waals surface area contributed by atoms with E-state index in [1.165, 1.54) is 36.5 Å². The molecule has 2 atom stereocenters. The Bertz CT molecular complexity index is 488. The highest BCUT2D eigenvalue weighted by Gasteiger charge is 2.41. The fraction of sp³-hybridized carbons (Fsp3) is 0.167. The molecule has 2 N–H and O–H groups in total. The molecule has 0 fully saturated rings. The maximum Gasteiger partial charge on any atom is 0.185 e. The molecule has 0 bridgehead atoms. The standard InChI is InChI=1S/C12H8Cl4O2/c13-7-3-1-5-11(15,17)9(7)10-8(14)4-2-6-12(10,16)18/h1-6,17-18H. The Labute approximate surface area is 124 Å². The molecular formula is C12H8Cl4O2. The van der Waals surface area contributed by atoms with E-state index in [2.05, 4.69) is 0 Å². The highest BCUT2D eigenvalue weighted by molar-refractivity contribution is 6.39. The molecule has 0 aliphatic heterocycles. The van der Waals surface area contributed by atoms with Crippen molar-refractivity contribution in [2.75, 3.05) is 0 Å². The number of hydrogen-bond donors (Lipinski definition) is 2. The fourth-order valence-corrected chi connectivity index (χ4v) is 3.04. The smallest absolute Gasteiger partial charge is 0.185 e. The van der Waals surface area contributed by atoms with Gasteiger partial charge in [0.2, 0.25) is 0 Å². The van der Waals surface area contributed by atoms with Crippen LogP contribution in [0.1, 0.15) is 0 Å². The van der Waals surface area contributed by atoms with Crippen molar-refractivity contribution in [2.45, 2.75) is 10.1 Å². The Morgan fingerprint density at radius 1 is 0.778 bits per heavy atom. The minimum absolute atomic E-state index is 0.0661. The summed E-state index contributed by atoms with van der Waals surface area (Å²) in [6.45, 7) is 0. The van der Waals surface area contributed by atoms with Gasteiger partial charge < -0.3 is 10.2 Å². The average molecular weight is 326 g/mol. The molecule has 6 heteroatoms. The quantitative estimate of drug-likeness (QED) is 0.669. The highest BCUT2D eigenvalue weighted by Crippen LogP contribution is 2.46. The molecule has 2 unspecified atom stereocenters. The van der Waals surface area contributed by atoms with Crippen molar-refractivity contribution in [3.05, 3.63) is 57.7 Å². The van der Waals surface area contributed by atoms with Gasteiger partial charge in [0.05, 0.1) is 0 Å². The van der Waals surface area contributed by atoms with E-state index in [9.17, 15) is 10.2 Å². The molecule has 0 heterocycles. The summed E-state index contributed by atoms with van der Waals surface area (Å²) in [5, 5.41) is 16.8. The van der Waals surface area contributed by atoms with Gasteiger partial charge >= 0.3 is 0 Å². The first-order valence-electron chi connectivity index (χ1n) is 4.94. The lowest BCUT2D eigenvalue weighted by Crippen LogP contribution is -2.32. The third-order valence-corrected chi connectivity index (χ3v) is 3.81. The molecule has 2 nitrogen and oxygen atoms in total. The van der Waals surface area contributed by atoms with E-state index in [1.807, 2.05) is 0 Å². The van der Waals surface area contributed by atoms with Crippen LogP contribution in [0.5, 0.6) is 0 Å². The van der Waals surface area contributed by atoms with Crippen LogP contribution in [0.2, 0.25) is 0 Å². The van der Waals surface area contributed by atoms with Gasteiger partial charge in [-0.2, -0.15) is 0 Å². The lowest BCUT2D eigenvalue weighted by molar-refractivity contribution is 0.197. The zero-order chi connectivity index (χ0) is 13.6. The predicted octanol–water partition coefficient (Wildman–Crippen LogP) is 3.52. The molecule has 0 amide bonds. The summed E-state index contributed by atoms with van der Waals surface area (Å²) >= 11 is 24.0. The van der Waals surface area contributed by atoms with Crippen molar-refractivity contribution in [1.82, 2.24) is 0 Å². The Kier molecular flexibility index (Phi) is 3.72. The van der Waals surface area contributed by atoms with E-state index >= 15 is 0 Å². The van der Waals surface area contributed by atoms with Crippen LogP contribution < -0.4 is 0 Å².